The number of carbonyl (C=O) groups excluding carboxylic acids is 1. The summed E-state index contributed by atoms with van der Waals surface area (Å²) in [5, 5.41) is 6.42. The normalized spacial score (nSPS) is 18.5. The Hall–Kier alpha value is -3.30. The van der Waals surface area contributed by atoms with Crippen LogP contribution in [0.15, 0.2) is 35.4 Å². The zero-order valence-electron chi connectivity index (χ0n) is 16.1. The summed E-state index contributed by atoms with van der Waals surface area (Å²) in [6.45, 7) is 0.857. The van der Waals surface area contributed by atoms with Crippen LogP contribution in [0.4, 0.5) is 20.3 Å². The summed E-state index contributed by atoms with van der Waals surface area (Å²) < 4.78 is 28.2. The maximum Gasteiger partial charge on any atom is 0.347 e. The topological polar surface area (TPSA) is 86.6 Å². The zero-order chi connectivity index (χ0) is 20.9. The van der Waals surface area contributed by atoms with Crippen LogP contribution in [0.1, 0.15) is 35.2 Å². The fourth-order valence-corrected chi connectivity index (χ4v) is 4.11. The van der Waals surface area contributed by atoms with Crippen molar-refractivity contribution in [3.05, 3.63) is 52.2 Å². The molecule has 3 aromatic heterocycles. The van der Waals surface area contributed by atoms with Gasteiger partial charge < -0.3 is 9.80 Å². The highest BCUT2D eigenvalue weighted by Gasteiger charge is 2.36. The van der Waals surface area contributed by atoms with Crippen LogP contribution in [0.2, 0.25) is 0 Å². The van der Waals surface area contributed by atoms with Crippen molar-refractivity contribution in [2.75, 3.05) is 24.5 Å². The third-order valence-corrected chi connectivity index (χ3v) is 5.77. The first-order chi connectivity index (χ1) is 14.4. The van der Waals surface area contributed by atoms with E-state index in [4.69, 9.17) is 0 Å². The molecule has 1 fully saturated rings. The van der Waals surface area contributed by atoms with Gasteiger partial charge in [-0.2, -0.15) is 5.10 Å². The van der Waals surface area contributed by atoms with E-state index < -0.39 is 5.92 Å². The van der Waals surface area contributed by atoms with Crippen LogP contribution in [0.5, 0.6) is 0 Å². The predicted octanol–water partition coefficient (Wildman–Crippen LogP) is 2.37. The minimum absolute atomic E-state index is 0.0537. The van der Waals surface area contributed by atoms with E-state index in [2.05, 4.69) is 15.2 Å². The first-order valence-electron chi connectivity index (χ1n) is 9.92. The van der Waals surface area contributed by atoms with Crippen LogP contribution in [-0.4, -0.2) is 55.9 Å². The highest BCUT2D eigenvalue weighted by atomic mass is 19.3. The van der Waals surface area contributed by atoms with Gasteiger partial charge in [-0.15, -0.1) is 0 Å². The first-order valence-corrected chi connectivity index (χ1v) is 9.92. The molecule has 2 aliphatic heterocycles. The van der Waals surface area contributed by atoms with Crippen molar-refractivity contribution in [2.24, 2.45) is 0 Å². The van der Waals surface area contributed by atoms with Gasteiger partial charge in [0.1, 0.15) is 5.82 Å². The Balaban J connectivity index is 1.42. The molecule has 8 nitrogen and oxygen atoms in total. The van der Waals surface area contributed by atoms with Crippen LogP contribution < -0.4 is 10.6 Å². The number of anilines is 2. The molecule has 0 spiro atoms. The molecule has 0 radical (unpaired) electrons. The summed E-state index contributed by atoms with van der Waals surface area (Å²) in [6, 6.07) is 5.45. The number of hydrogen-bond donors (Lipinski definition) is 1. The van der Waals surface area contributed by atoms with Crippen LogP contribution in [0.25, 0.3) is 5.65 Å². The number of nitrogens with zero attached hydrogens (tertiary/aromatic N) is 5. The van der Waals surface area contributed by atoms with E-state index in [-0.39, 0.29) is 37.5 Å². The number of alkyl halides is 2. The molecule has 10 heteroatoms. The lowest BCUT2D eigenvalue weighted by atomic mass is 10.0. The number of hydrogen-bond acceptors (Lipinski definition) is 5. The minimum atomic E-state index is -2.69. The molecule has 5 heterocycles. The van der Waals surface area contributed by atoms with E-state index in [1.54, 1.807) is 6.20 Å². The van der Waals surface area contributed by atoms with Crippen molar-refractivity contribution in [3.63, 3.8) is 0 Å². The number of fused-ring (bicyclic) bond motifs is 2. The Morgan fingerprint density at radius 1 is 1.17 bits per heavy atom. The molecule has 1 amide bonds. The van der Waals surface area contributed by atoms with Crippen molar-refractivity contribution in [1.82, 2.24) is 24.5 Å². The number of rotatable bonds is 2. The molecule has 156 valence electrons. The number of aryl methyl sites for hydroxylation is 1. The molecule has 30 heavy (non-hydrogen) atoms. The molecular formula is C20H20F2N6O2. The number of piperidine rings is 1. The Kier molecular flexibility index (Phi) is 4.30. The highest BCUT2D eigenvalue weighted by molar-refractivity contribution is 5.94. The van der Waals surface area contributed by atoms with Gasteiger partial charge in [0, 0.05) is 56.6 Å². The molecule has 1 saturated heterocycles. The molecule has 0 unspecified atom stereocenters. The molecule has 0 aliphatic carbocycles. The lowest BCUT2D eigenvalue weighted by Crippen LogP contribution is -2.42. The second-order valence-corrected chi connectivity index (χ2v) is 7.75. The Morgan fingerprint density at radius 2 is 1.97 bits per heavy atom. The van der Waals surface area contributed by atoms with Gasteiger partial charge in [-0.1, -0.05) is 0 Å². The van der Waals surface area contributed by atoms with Crippen molar-refractivity contribution in [2.45, 2.75) is 31.6 Å². The van der Waals surface area contributed by atoms with E-state index >= 15 is 0 Å². The summed E-state index contributed by atoms with van der Waals surface area (Å²) in [6.07, 6.45) is 4.23. The number of pyridine rings is 2. The molecule has 0 aromatic carbocycles. The number of carbonyl (C=O) groups is 1. The van der Waals surface area contributed by atoms with Crippen molar-refractivity contribution >= 4 is 23.1 Å². The van der Waals surface area contributed by atoms with Gasteiger partial charge in [0.05, 0.1) is 5.56 Å². The van der Waals surface area contributed by atoms with Gasteiger partial charge in [0.25, 0.3) is 11.8 Å². The van der Waals surface area contributed by atoms with Crippen LogP contribution in [0.3, 0.4) is 0 Å². The molecule has 1 N–H and O–H groups in total. The SMILES string of the molecule is O=C(c1cnc2c(c1)CCCN2c1ccn2c(=O)[nH]nc2c1)N1CCC(F)(F)CC1. The van der Waals surface area contributed by atoms with Gasteiger partial charge >= 0.3 is 5.69 Å². The molecule has 0 saturated carbocycles. The average Bonchev–Trinajstić information content (AvgIpc) is 3.12. The fraction of sp³-hybridized carbons (Fsp3) is 0.400. The van der Waals surface area contributed by atoms with E-state index in [9.17, 15) is 18.4 Å². The summed E-state index contributed by atoms with van der Waals surface area (Å²) in [7, 11) is 0. The van der Waals surface area contributed by atoms with Crippen molar-refractivity contribution < 1.29 is 13.6 Å². The third-order valence-electron chi connectivity index (χ3n) is 5.77. The molecule has 0 atom stereocenters. The van der Waals surface area contributed by atoms with E-state index in [1.165, 1.54) is 15.5 Å². The van der Waals surface area contributed by atoms with E-state index in [0.29, 0.717) is 11.2 Å². The third kappa shape index (κ3) is 3.21. The van der Waals surface area contributed by atoms with Gasteiger partial charge in [0.15, 0.2) is 5.65 Å². The Morgan fingerprint density at radius 3 is 2.77 bits per heavy atom. The van der Waals surface area contributed by atoms with E-state index in [1.807, 2.05) is 23.1 Å². The minimum Gasteiger partial charge on any atom is -0.338 e. The highest BCUT2D eigenvalue weighted by Crippen LogP contribution is 2.33. The van der Waals surface area contributed by atoms with Crippen LogP contribution >= 0.6 is 0 Å². The second kappa shape index (κ2) is 6.89. The summed E-state index contributed by atoms with van der Waals surface area (Å²) in [4.78, 5) is 32.5. The predicted molar refractivity (Wildman–Crippen MR) is 105 cm³/mol. The molecule has 5 rings (SSSR count). The smallest absolute Gasteiger partial charge is 0.338 e. The van der Waals surface area contributed by atoms with Crippen LogP contribution in [-0.2, 0) is 6.42 Å². The number of halogens is 2. The largest absolute Gasteiger partial charge is 0.347 e. The lowest BCUT2D eigenvalue weighted by Gasteiger charge is -2.33. The Labute approximate surface area is 170 Å². The standard InChI is InChI=1S/C20H20F2N6O2/c21-20(22)4-8-26(9-5-20)18(29)14-10-13-2-1-6-27(17(13)23-12-14)15-3-7-28-16(11-15)24-25-19(28)30/h3,7,10-12H,1-2,4-6,8-9H2,(H,25,30). The van der Waals surface area contributed by atoms with Gasteiger partial charge in [-0.05, 0) is 30.5 Å². The number of amides is 1. The Bertz CT molecular complexity index is 1180. The maximum atomic E-state index is 13.4. The maximum absolute atomic E-state index is 13.4. The van der Waals surface area contributed by atoms with Crippen LogP contribution in [0, 0.1) is 0 Å². The van der Waals surface area contributed by atoms with Gasteiger partial charge in [-0.3, -0.25) is 9.20 Å². The van der Waals surface area contributed by atoms with Gasteiger partial charge in [-0.25, -0.2) is 23.7 Å². The number of likely N-dealkylation sites (tertiary alicyclic amines) is 1. The fourth-order valence-electron chi connectivity index (χ4n) is 4.11. The monoisotopic (exact) mass is 414 g/mol. The number of aromatic nitrogens is 4. The summed E-state index contributed by atoms with van der Waals surface area (Å²) in [5.41, 5.74) is 2.43. The van der Waals surface area contributed by atoms with Crippen molar-refractivity contribution in [3.8, 4) is 0 Å². The van der Waals surface area contributed by atoms with Gasteiger partial charge in [0.2, 0.25) is 0 Å². The number of H-pyrrole nitrogens is 1. The molecule has 3 aromatic rings. The van der Waals surface area contributed by atoms with E-state index in [0.717, 1.165) is 36.5 Å². The molecular weight excluding hydrogens is 394 g/mol. The summed E-state index contributed by atoms with van der Waals surface area (Å²) in [5.74, 6) is -2.19. The number of nitrogens with one attached hydrogen (secondary N) is 1. The average molecular weight is 414 g/mol. The molecule has 0 bridgehead atoms. The zero-order valence-corrected chi connectivity index (χ0v) is 16.1. The van der Waals surface area contributed by atoms with Crippen molar-refractivity contribution in [1.29, 1.82) is 0 Å². The lowest BCUT2D eigenvalue weighted by molar-refractivity contribution is -0.0494. The second-order valence-electron chi connectivity index (χ2n) is 7.75. The summed E-state index contributed by atoms with van der Waals surface area (Å²) >= 11 is 0. The number of aromatic amines is 1. The first kappa shape index (κ1) is 18.7. The quantitative estimate of drug-likeness (QED) is 0.696. The molecule has 2 aliphatic rings.